The Hall–Kier alpha value is -0.330. The van der Waals surface area contributed by atoms with Crippen LogP contribution in [0.5, 0.6) is 0 Å². The van der Waals surface area contributed by atoms with Crippen LogP contribution >= 0.6 is 12.4 Å². The molecule has 5 nitrogen and oxygen atoms in total. The lowest BCUT2D eigenvalue weighted by atomic mass is 10.1. The molecular formula is C9H21ClN2O3S. The van der Waals surface area contributed by atoms with Crippen molar-refractivity contribution in [1.82, 2.24) is 5.32 Å². The number of nitrogens with two attached hydrogens (primary N) is 1. The summed E-state index contributed by atoms with van der Waals surface area (Å²) in [5.74, 6) is -0.884. The molecule has 0 aromatic rings. The summed E-state index contributed by atoms with van der Waals surface area (Å²) in [5.41, 5.74) is 5.12. The highest BCUT2D eigenvalue weighted by Crippen LogP contribution is 1.95. The highest BCUT2D eigenvalue weighted by molar-refractivity contribution is 7.92. The normalized spacial score (nSPS) is 11.8. The molecule has 0 aliphatic heterocycles. The fourth-order valence-corrected chi connectivity index (χ4v) is 2.23. The van der Waals surface area contributed by atoms with Crippen LogP contribution in [0.2, 0.25) is 0 Å². The van der Waals surface area contributed by atoms with E-state index < -0.39 is 27.0 Å². The fourth-order valence-electron chi connectivity index (χ4n) is 0.960. The van der Waals surface area contributed by atoms with Crippen LogP contribution in [0.1, 0.15) is 27.2 Å². The predicted molar refractivity (Wildman–Crippen MR) is 67.5 cm³/mol. The van der Waals surface area contributed by atoms with E-state index in [1.165, 1.54) is 0 Å². The molecule has 0 saturated heterocycles. The first kappa shape index (κ1) is 18.0. The van der Waals surface area contributed by atoms with Gasteiger partial charge in [0.05, 0.1) is 5.75 Å². The largest absolute Gasteiger partial charge is 0.353 e. The number of amides is 1. The highest BCUT2D eigenvalue weighted by atomic mass is 35.5. The summed E-state index contributed by atoms with van der Waals surface area (Å²) < 4.78 is 22.5. The van der Waals surface area contributed by atoms with Gasteiger partial charge in [-0.05, 0) is 20.3 Å². The lowest BCUT2D eigenvalue weighted by Crippen LogP contribution is -2.46. The monoisotopic (exact) mass is 272 g/mol. The Kier molecular flexibility index (Phi) is 7.99. The van der Waals surface area contributed by atoms with E-state index in [-0.39, 0.29) is 24.7 Å². The molecule has 0 atom stereocenters. The summed E-state index contributed by atoms with van der Waals surface area (Å²) in [5, 5.41) is 2.49. The van der Waals surface area contributed by atoms with Gasteiger partial charge in [0.25, 0.3) is 0 Å². The van der Waals surface area contributed by atoms with Crippen LogP contribution in [0.25, 0.3) is 0 Å². The summed E-state index contributed by atoms with van der Waals surface area (Å²) >= 11 is 0. The minimum absolute atomic E-state index is 0. The van der Waals surface area contributed by atoms with E-state index in [1.807, 2.05) is 0 Å². The molecule has 0 spiro atoms. The summed E-state index contributed by atoms with van der Waals surface area (Å²) in [6, 6.07) is 0. The first-order valence-corrected chi connectivity index (χ1v) is 6.74. The number of hydrogen-bond donors (Lipinski definition) is 2. The highest BCUT2D eigenvalue weighted by Gasteiger charge is 2.17. The first-order valence-electron chi connectivity index (χ1n) is 4.92. The van der Waals surface area contributed by atoms with Gasteiger partial charge in [0.2, 0.25) is 5.91 Å². The van der Waals surface area contributed by atoms with Gasteiger partial charge in [-0.15, -0.1) is 12.4 Å². The molecule has 0 aliphatic rings. The summed E-state index contributed by atoms with van der Waals surface area (Å²) in [6.07, 6.45) is 0.526. The molecule has 98 valence electrons. The summed E-state index contributed by atoms with van der Waals surface area (Å²) in [4.78, 5) is 11.2. The quantitative estimate of drug-likeness (QED) is 0.717. The number of hydrogen-bond acceptors (Lipinski definition) is 4. The minimum atomic E-state index is -3.25. The average molecular weight is 273 g/mol. The molecule has 0 rings (SSSR count). The topological polar surface area (TPSA) is 89.3 Å². The Bertz CT molecular complexity index is 309. The molecule has 0 fully saturated rings. The zero-order valence-electron chi connectivity index (χ0n) is 9.95. The van der Waals surface area contributed by atoms with Crippen LogP contribution in [0.3, 0.4) is 0 Å². The number of carbonyl (C=O) groups is 1. The second-order valence-electron chi connectivity index (χ2n) is 4.36. The Morgan fingerprint density at radius 2 is 1.88 bits per heavy atom. The smallest absolute Gasteiger partial charge is 0.235 e. The molecule has 0 saturated carbocycles. The van der Waals surface area contributed by atoms with Gasteiger partial charge in [0.15, 0.2) is 9.84 Å². The SMILES string of the molecule is CCCS(=O)(=O)CC(=O)NCC(C)(C)N.Cl. The third-order valence-electron chi connectivity index (χ3n) is 1.61. The maximum Gasteiger partial charge on any atom is 0.235 e. The molecule has 0 radical (unpaired) electrons. The van der Waals surface area contributed by atoms with Crippen molar-refractivity contribution in [2.24, 2.45) is 5.73 Å². The molecule has 1 amide bonds. The van der Waals surface area contributed by atoms with Crippen molar-refractivity contribution < 1.29 is 13.2 Å². The summed E-state index contributed by atoms with van der Waals surface area (Å²) in [6.45, 7) is 5.55. The predicted octanol–water partition coefficient (Wildman–Crippen LogP) is 0.0865. The molecule has 0 unspecified atom stereocenters. The number of halogens is 1. The maximum atomic E-state index is 11.3. The number of rotatable bonds is 6. The number of carbonyl (C=O) groups excluding carboxylic acids is 1. The van der Waals surface area contributed by atoms with Gasteiger partial charge in [-0.2, -0.15) is 0 Å². The Labute approximate surface area is 103 Å². The maximum absolute atomic E-state index is 11.3. The molecule has 3 N–H and O–H groups in total. The van der Waals surface area contributed by atoms with Crippen LogP contribution in [0.15, 0.2) is 0 Å². The zero-order valence-corrected chi connectivity index (χ0v) is 11.6. The lowest BCUT2D eigenvalue weighted by Gasteiger charge is -2.18. The van der Waals surface area contributed by atoms with Gasteiger partial charge in [-0.1, -0.05) is 6.92 Å². The van der Waals surface area contributed by atoms with Crippen LogP contribution in [0.4, 0.5) is 0 Å². The molecule has 7 heteroatoms. The van der Waals surface area contributed by atoms with E-state index in [2.05, 4.69) is 5.32 Å². The van der Waals surface area contributed by atoms with Crippen molar-refractivity contribution in [2.45, 2.75) is 32.7 Å². The van der Waals surface area contributed by atoms with Crippen molar-refractivity contribution in [3.05, 3.63) is 0 Å². The third-order valence-corrected chi connectivity index (χ3v) is 3.34. The summed E-state index contributed by atoms with van der Waals surface area (Å²) in [7, 11) is -3.25. The Morgan fingerprint density at radius 1 is 1.38 bits per heavy atom. The van der Waals surface area contributed by atoms with E-state index in [4.69, 9.17) is 5.73 Å². The van der Waals surface area contributed by atoms with E-state index in [0.29, 0.717) is 6.42 Å². The molecule has 0 bridgehead atoms. The standard InChI is InChI=1S/C9H20N2O3S.ClH/c1-4-5-15(13,14)6-8(12)11-7-9(2,3)10;/h4-7,10H2,1-3H3,(H,11,12);1H. The molecule has 0 heterocycles. The minimum Gasteiger partial charge on any atom is -0.353 e. The second-order valence-corrected chi connectivity index (χ2v) is 6.54. The van der Waals surface area contributed by atoms with Gasteiger partial charge < -0.3 is 11.1 Å². The Balaban J connectivity index is 0. The van der Waals surface area contributed by atoms with Crippen LogP contribution in [-0.2, 0) is 14.6 Å². The van der Waals surface area contributed by atoms with E-state index in [0.717, 1.165) is 0 Å². The zero-order chi connectivity index (χ0) is 12.1. The second kappa shape index (κ2) is 7.09. The van der Waals surface area contributed by atoms with Crippen molar-refractivity contribution in [3.8, 4) is 0 Å². The van der Waals surface area contributed by atoms with Crippen LogP contribution in [-0.4, -0.2) is 37.9 Å². The molecule has 0 aromatic heterocycles. The first-order chi connectivity index (χ1) is 6.66. The van der Waals surface area contributed by atoms with E-state index >= 15 is 0 Å². The van der Waals surface area contributed by atoms with Crippen molar-refractivity contribution in [3.63, 3.8) is 0 Å². The van der Waals surface area contributed by atoms with Crippen molar-refractivity contribution in [2.75, 3.05) is 18.1 Å². The molecule has 0 aromatic carbocycles. The third kappa shape index (κ3) is 10.2. The van der Waals surface area contributed by atoms with Gasteiger partial charge >= 0.3 is 0 Å². The molecular weight excluding hydrogens is 252 g/mol. The van der Waals surface area contributed by atoms with E-state index in [1.54, 1.807) is 20.8 Å². The van der Waals surface area contributed by atoms with Gasteiger partial charge in [0, 0.05) is 12.1 Å². The van der Waals surface area contributed by atoms with Gasteiger partial charge in [-0.25, -0.2) is 8.42 Å². The van der Waals surface area contributed by atoms with Gasteiger partial charge in [0.1, 0.15) is 5.75 Å². The number of nitrogens with one attached hydrogen (secondary N) is 1. The Morgan fingerprint density at radius 3 is 2.25 bits per heavy atom. The van der Waals surface area contributed by atoms with Crippen LogP contribution in [0, 0.1) is 0 Å². The van der Waals surface area contributed by atoms with Gasteiger partial charge in [-0.3, -0.25) is 4.79 Å². The lowest BCUT2D eigenvalue weighted by molar-refractivity contribution is -0.118. The van der Waals surface area contributed by atoms with Crippen LogP contribution < -0.4 is 11.1 Å². The fraction of sp³-hybridized carbons (Fsp3) is 0.889. The van der Waals surface area contributed by atoms with Crippen molar-refractivity contribution >= 4 is 28.2 Å². The molecule has 0 aliphatic carbocycles. The van der Waals surface area contributed by atoms with E-state index in [9.17, 15) is 13.2 Å². The average Bonchev–Trinajstić information content (AvgIpc) is 1.98. The molecule has 16 heavy (non-hydrogen) atoms. The van der Waals surface area contributed by atoms with Crippen molar-refractivity contribution in [1.29, 1.82) is 0 Å². The number of sulfone groups is 1.